The molecule has 0 heterocycles. The van der Waals surface area contributed by atoms with Crippen LogP contribution in [0.2, 0.25) is 0 Å². The van der Waals surface area contributed by atoms with Crippen molar-refractivity contribution in [3.63, 3.8) is 0 Å². The molecule has 1 N–H and O–H groups in total. The normalized spacial score (nSPS) is 15.3. The molecule has 0 fully saturated rings. The molecule has 0 bridgehead atoms. The molecular weight excluding hydrogens is 240 g/mol. The standard InChI is InChI=1S/C12H20O6/c1-5-7(3)18-12(16)9(8(4)10(13)14)11(15)17-6-2/h7-9H,5-6H2,1-4H3,(H,13,14). The maximum atomic E-state index is 11.8. The zero-order chi connectivity index (χ0) is 14.3. The minimum Gasteiger partial charge on any atom is -0.481 e. The van der Waals surface area contributed by atoms with Gasteiger partial charge in [-0.15, -0.1) is 0 Å². The third kappa shape index (κ3) is 4.73. The fraction of sp³-hybridized carbons (Fsp3) is 0.750. The van der Waals surface area contributed by atoms with E-state index >= 15 is 0 Å². The molecule has 0 saturated heterocycles. The van der Waals surface area contributed by atoms with E-state index in [0.29, 0.717) is 6.42 Å². The molecule has 0 aromatic heterocycles. The number of carboxylic acid groups (broad SMARTS) is 1. The van der Waals surface area contributed by atoms with Gasteiger partial charge in [0.25, 0.3) is 0 Å². The topological polar surface area (TPSA) is 89.9 Å². The molecule has 18 heavy (non-hydrogen) atoms. The summed E-state index contributed by atoms with van der Waals surface area (Å²) < 4.78 is 9.71. The first-order valence-corrected chi connectivity index (χ1v) is 5.95. The van der Waals surface area contributed by atoms with Crippen LogP contribution < -0.4 is 0 Å². The Labute approximate surface area is 106 Å². The number of aliphatic carboxylic acids is 1. The summed E-state index contributed by atoms with van der Waals surface area (Å²) in [5, 5.41) is 8.89. The van der Waals surface area contributed by atoms with Crippen molar-refractivity contribution < 1.29 is 29.0 Å². The van der Waals surface area contributed by atoms with E-state index < -0.39 is 29.7 Å². The number of ether oxygens (including phenoxy) is 2. The van der Waals surface area contributed by atoms with Gasteiger partial charge in [0, 0.05) is 0 Å². The number of rotatable bonds is 7. The fourth-order valence-corrected chi connectivity index (χ4v) is 1.23. The highest BCUT2D eigenvalue weighted by Crippen LogP contribution is 2.17. The Morgan fingerprint density at radius 1 is 1.11 bits per heavy atom. The third-order valence-electron chi connectivity index (χ3n) is 2.58. The second-order valence-corrected chi connectivity index (χ2v) is 4.01. The second-order valence-electron chi connectivity index (χ2n) is 4.01. The summed E-state index contributed by atoms with van der Waals surface area (Å²) in [6.45, 7) is 6.43. The highest BCUT2D eigenvalue weighted by molar-refractivity contribution is 5.98. The molecule has 0 spiro atoms. The molecule has 0 aromatic rings. The Morgan fingerprint density at radius 3 is 2.06 bits per heavy atom. The van der Waals surface area contributed by atoms with Crippen LogP contribution in [0.4, 0.5) is 0 Å². The maximum Gasteiger partial charge on any atom is 0.321 e. The zero-order valence-electron chi connectivity index (χ0n) is 11.1. The molecule has 3 unspecified atom stereocenters. The molecule has 104 valence electrons. The summed E-state index contributed by atoms with van der Waals surface area (Å²) in [6.07, 6.45) is 0.221. The number of hydrogen-bond donors (Lipinski definition) is 1. The van der Waals surface area contributed by atoms with Crippen molar-refractivity contribution in [3.05, 3.63) is 0 Å². The van der Waals surface area contributed by atoms with Crippen LogP contribution in [0.5, 0.6) is 0 Å². The molecule has 6 nitrogen and oxygen atoms in total. The first-order valence-electron chi connectivity index (χ1n) is 5.95. The Bertz CT molecular complexity index is 312. The number of carboxylic acids is 1. The van der Waals surface area contributed by atoms with Gasteiger partial charge in [0.05, 0.1) is 18.6 Å². The van der Waals surface area contributed by atoms with Gasteiger partial charge in [-0.3, -0.25) is 14.4 Å². The summed E-state index contributed by atoms with van der Waals surface area (Å²) in [5.41, 5.74) is 0. The molecule has 0 aliphatic carbocycles. The smallest absolute Gasteiger partial charge is 0.321 e. The lowest BCUT2D eigenvalue weighted by Gasteiger charge is -2.20. The van der Waals surface area contributed by atoms with Gasteiger partial charge in [-0.05, 0) is 20.3 Å². The van der Waals surface area contributed by atoms with Crippen molar-refractivity contribution in [1.29, 1.82) is 0 Å². The van der Waals surface area contributed by atoms with Gasteiger partial charge in [-0.1, -0.05) is 13.8 Å². The average Bonchev–Trinajstić information content (AvgIpc) is 2.29. The van der Waals surface area contributed by atoms with Gasteiger partial charge >= 0.3 is 17.9 Å². The van der Waals surface area contributed by atoms with Gasteiger partial charge in [-0.25, -0.2) is 0 Å². The lowest BCUT2D eigenvalue weighted by Crippen LogP contribution is -2.38. The second kappa shape index (κ2) is 7.68. The van der Waals surface area contributed by atoms with Crippen LogP contribution in [0.3, 0.4) is 0 Å². The molecule has 6 heteroatoms. The Balaban J connectivity index is 4.91. The number of esters is 2. The molecule has 0 amide bonds. The summed E-state index contributed by atoms with van der Waals surface area (Å²) >= 11 is 0. The summed E-state index contributed by atoms with van der Waals surface area (Å²) in [5.74, 6) is -5.55. The fourth-order valence-electron chi connectivity index (χ4n) is 1.23. The molecule has 0 saturated carbocycles. The highest BCUT2D eigenvalue weighted by Gasteiger charge is 2.39. The van der Waals surface area contributed by atoms with Crippen LogP contribution in [0.25, 0.3) is 0 Å². The zero-order valence-corrected chi connectivity index (χ0v) is 11.1. The maximum absolute atomic E-state index is 11.8. The van der Waals surface area contributed by atoms with E-state index in [0.717, 1.165) is 0 Å². The summed E-state index contributed by atoms with van der Waals surface area (Å²) in [4.78, 5) is 34.3. The summed E-state index contributed by atoms with van der Waals surface area (Å²) in [7, 11) is 0. The Kier molecular flexibility index (Phi) is 7.00. The molecule has 0 aliphatic heterocycles. The van der Waals surface area contributed by atoms with E-state index in [1.165, 1.54) is 6.92 Å². The van der Waals surface area contributed by atoms with E-state index in [1.807, 2.05) is 6.92 Å². The quantitative estimate of drug-likeness (QED) is 0.547. The largest absolute Gasteiger partial charge is 0.481 e. The van der Waals surface area contributed by atoms with Crippen molar-refractivity contribution in [1.82, 2.24) is 0 Å². The third-order valence-corrected chi connectivity index (χ3v) is 2.58. The van der Waals surface area contributed by atoms with Crippen LogP contribution in [-0.4, -0.2) is 35.7 Å². The van der Waals surface area contributed by atoms with Crippen molar-refractivity contribution in [2.45, 2.75) is 40.2 Å². The minimum atomic E-state index is -1.42. The first-order chi connectivity index (χ1) is 8.34. The van der Waals surface area contributed by atoms with E-state index in [2.05, 4.69) is 0 Å². The Hall–Kier alpha value is -1.59. The number of carbonyl (C=O) groups is 3. The SMILES string of the molecule is CCOC(=O)C(C(=O)OC(C)CC)C(C)C(=O)O. The van der Waals surface area contributed by atoms with Gasteiger partial charge < -0.3 is 14.6 Å². The predicted octanol–water partition coefficient (Wildman–Crippen LogP) is 1.23. The molecular formula is C12H20O6. The molecule has 0 aliphatic rings. The van der Waals surface area contributed by atoms with Crippen LogP contribution in [0.1, 0.15) is 34.1 Å². The average molecular weight is 260 g/mol. The van der Waals surface area contributed by atoms with Gasteiger partial charge in [-0.2, -0.15) is 0 Å². The minimum absolute atomic E-state index is 0.0816. The lowest BCUT2D eigenvalue weighted by atomic mass is 9.94. The highest BCUT2D eigenvalue weighted by atomic mass is 16.6. The van der Waals surface area contributed by atoms with Crippen molar-refractivity contribution in [2.75, 3.05) is 6.61 Å². The number of carbonyl (C=O) groups excluding carboxylic acids is 2. The van der Waals surface area contributed by atoms with Crippen molar-refractivity contribution in [3.8, 4) is 0 Å². The van der Waals surface area contributed by atoms with Gasteiger partial charge in [0.1, 0.15) is 0 Å². The first kappa shape index (κ1) is 16.4. The monoisotopic (exact) mass is 260 g/mol. The predicted molar refractivity (Wildman–Crippen MR) is 62.8 cm³/mol. The van der Waals surface area contributed by atoms with Crippen LogP contribution in [0, 0.1) is 11.8 Å². The van der Waals surface area contributed by atoms with Gasteiger partial charge in [0.15, 0.2) is 5.92 Å². The number of hydrogen-bond acceptors (Lipinski definition) is 5. The Morgan fingerprint density at radius 2 is 1.67 bits per heavy atom. The summed E-state index contributed by atoms with van der Waals surface area (Å²) in [6, 6.07) is 0. The van der Waals surface area contributed by atoms with E-state index in [4.69, 9.17) is 14.6 Å². The molecule has 3 atom stereocenters. The molecule has 0 rings (SSSR count). The van der Waals surface area contributed by atoms with E-state index in [9.17, 15) is 14.4 Å². The molecule has 0 radical (unpaired) electrons. The van der Waals surface area contributed by atoms with Gasteiger partial charge in [0.2, 0.25) is 0 Å². The van der Waals surface area contributed by atoms with E-state index in [1.54, 1.807) is 13.8 Å². The van der Waals surface area contributed by atoms with Crippen LogP contribution in [0.15, 0.2) is 0 Å². The van der Waals surface area contributed by atoms with Crippen molar-refractivity contribution >= 4 is 17.9 Å². The van der Waals surface area contributed by atoms with Crippen LogP contribution in [-0.2, 0) is 23.9 Å². The molecule has 0 aromatic carbocycles. The van der Waals surface area contributed by atoms with E-state index in [-0.39, 0.29) is 12.7 Å². The van der Waals surface area contributed by atoms with Crippen LogP contribution >= 0.6 is 0 Å². The lowest BCUT2D eigenvalue weighted by molar-refractivity contribution is -0.171. The van der Waals surface area contributed by atoms with Crippen molar-refractivity contribution in [2.24, 2.45) is 11.8 Å².